The Morgan fingerprint density at radius 2 is 2.00 bits per heavy atom. The summed E-state index contributed by atoms with van der Waals surface area (Å²) >= 11 is 3.45. The fourth-order valence-corrected chi connectivity index (χ4v) is 2.79. The Balaban J connectivity index is 1.90. The molecule has 0 aromatic heterocycles. The molecule has 1 aromatic carbocycles. The molecule has 2 amide bonds. The lowest BCUT2D eigenvalue weighted by Gasteiger charge is -2.14. The van der Waals surface area contributed by atoms with Crippen molar-refractivity contribution >= 4 is 27.6 Å². The second-order valence-corrected chi connectivity index (χ2v) is 5.80. The van der Waals surface area contributed by atoms with Crippen molar-refractivity contribution < 1.29 is 4.79 Å². The predicted molar refractivity (Wildman–Crippen MR) is 82.2 cm³/mol. The molecule has 0 radical (unpaired) electrons. The Bertz CT molecular complexity index is 489. The van der Waals surface area contributed by atoms with Crippen LogP contribution in [0.1, 0.15) is 37.7 Å². The van der Waals surface area contributed by atoms with Crippen LogP contribution in [0.2, 0.25) is 0 Å². The first kappa shape index (κ1) is 14.1. The number of carbonyl (C=O) groups excluding carboxylic acids is 1. The van der Waals surface area contributed by atoms with Crippen LogP contribution in [0.25, 0.3) is 0 Å². The molecule has 0 aliphatic heterocycles. The number of hydrogen-bond donors (Lipinski definition) is 2. The molecule has 1 fully saturated rings. The second kappa shape index (κ2) is 6.75. The molecular weight excluding hydrogens is 304 g/mol. The van der Waals surface area contributed by atoms with Gasteiger partial charge in [-0.15, -0.1) is 0 Å². The van der Waals surface area contributed by atoms with E-state index >= 15 is 0 Å². The van der Waals surface area contributed by atoms with Crippen LogP contribution in [-0.4, -0.2) is 6.03 Å². The minimum Gasteiger partial charge on any atom is -0.314 e. The lowest BCUT2D eigenvalue weighted by atomic mass is 9.96. The molecule has 0 unspecified atom stereocenters. The predicted octanol–water partition coefficient (Wildman–Crippen LogP) is 4.73. The van der Waals surface area contributed by atoms with Gasteiger partial charge in [0.1, 0.15) is 0 Å². The van der Waals surface area contributed by atoms with Gasteiger partial charge in [-0.05, 0) is 66.2 Å². The van der Waals surface area contributed by atoms with Crippen LogP contribution < -0.4 is 10.6 Å². The fourth-order valence-electron chi connectivity index (χ4n) is 2.20. The van der Waals surface area contributed by atoms with Gasteiger partial charge in [-0.3, -0.25) is 0 Å². The Kier molecular flexibility index (Phi) is 5.02. The molecular formula is C15H19BrN2O. The quantitative estimate of drug-likeness (QED) is 0.812. The molecule has 3 nitrogen and oxygen atoms in total. The number of allylic oxidation sites excluding steroid dienone is 1. The summed E-state index contributed by atoms with van der Waals surface area (Å²) in [5.41, 5.74) is 3.27. The van der Waals surface area contributed by atoms with E-state index in [4.69, 9.17) is 0 Å². The van der Waals surface area contributed by atoms with Crippen molar-refractivity contribution in [2.75, 3.05) is 5.32 Å². The summed E-state index contributed by atoms with van der Waals surface area (Å²) in [6.45, 7) is 2.02. The van der Waals surface area contributed by atoms with E-state index in [9.17, 15) is 4.79 Å². The van der Waals surface area contributed by atoms with Crippen molar-refractivity contribution in [3.63, 3.8) is 0 Å². The minimum atomic E-state index is -0.192. The fraction of sp³-hybridized carbons (Fsp3) is 0.400. The summed E-state index contributed by atoms with van der Waals surface area (Å²) in [4.78, 5) is 11.8. The van der Waals surface area contributed by atoms with Crippen molar-refractivity contribution in [2.24, 2.45) is 0 Å². The Hall–Kier alpha value is -1.29. The van der Waals surface area contributed by atoms with Gasteiger partial charge in [0.05, 0.1) is 5.69 Å². The van der Waals surface area contributed by atoms with Crippen molar-refractivity contribution in [3.8, 4) is 0 Å². The maximum atomic E-state index is 11.8. The molecule has 0 atom stereocenters. The van der Waals surface area contributed by atoms with Crippen LogP contribution in [0, 0.1) is 6.92 Å². The van der Waals surface area contributed by atoms with Crippen LogP contribution in [-0.2, 0) is 0 Å². The number of carbonyl (C=O) groups is 1. The normalized spacial score (nSPS) is 14.9. The maximum absolute atomic E-state index is 11.8. The molecule has 19 heavy (non-hydrogen) atoms. The molecule has 4 heteroatoms. The first-order chi connectivity index (χ1) is 9.15. The zero-order chi connectivity index (χ0) is 13.7. The van der Waals surface area contributed by atoms with Crippen molar-refractivity contribution in [3.05, 3.63) is 40.0 Å². The molecule has 0 spiro atoms. The highest BCUT2D eigenvalue weighted by molar-refractivity contribution is 9.10. The first-order valence-electron chi connectivity index (χ1n) is 6.67. The largest absolute Gasteiger partial charge is 0.323 e. The van der Waals surface area contributed by atoms with E-state index in [1.807, 2.05) is 31.3 Å². The smallest absolute Gasteiger partial charge is 0.314 e. The molecule has 0 bridgehead atoms. The lowest BCUT2D eigenvalue weighted by molar-refractivity contribution is 0.255. The van der Waals surface area contributed by atoms with Crippen LogP contribution >= 0.6 is 15.9 Å². The molecule has 0 saturated heterocycles. The summed E-state index contributed by atoms with van der Waals surface area (Å²) in [6.07, 6.45) is 7.84. The van der Waals surface area contributed by atoms with Crippen LogP contribution in [0.3, 0.4) is 0 Å². The molecule has 1 aliphatic carbocycles. The highest BCUT2D eigenvalue weighted by atomic mass is 79.9. The second-order valence-electron chi connectivity index (χ2n) is 4.95. The number of benzene rings is 1. The van der Waals surface area contributed by atoms with Gasteiger partial charge >= 0.3 is 6.03 Å². The van der Waals surface area contributed by atoms with Crippen molar-refractivity contribution in [2.45, 2.75) is 39.0 Å². The molecule has 102 valence electrons. The van der Waals surface area contributed by atoms with E-state index in [1.54, 1.807) is 0 Å². The zero-order valence-corrected chi connectivity index (χ0v) is 12.7. The molecule has 0 heterocycles. The van der Waals surface area contributed by atoms with E-state index < -0.39 is 0 Å². The van der Waals surface area contributed by atoms with Gasteiger partial charge in [0.15, 0.2) is 0 Å². The Morgan fingerprint density at radius 3 is 2.68 bits per heavy atom. The SMILES string of the molecule is Cc1ccc(NC(=O)NC=C2CCCCC2)c(Br)c1. The summed E-state index contributed by atoms with van der Waals surface area (Å²) in [6, 6.07) is 5.66. The average Bonchev–Trinajstić information content (AvgIpc) is 2.41. The number of nitrogens with one attached hydrogen (secondary N) is 2. The minimum absolute atomic E-state index is 0.192. The summed E-state index contributed by atoms with van der Waals surface area (Å²) < 4.78 is 0.896. The van der Waals surface area contributed by atoms with Crippen LogP contribution in [0.15, 0.2) is 34.4 Å². The monoisotopic (exact) mass is 322 g/mol. The van der Waals surface area contributed by atoms with E-state index in [0.29, 0.717) is 0 Å². The summed E-state index contributed by atoms with van der Waals surface area (Å²) in [7, 11) is 0. The van der Waals surface area contributed by atoms with Gasteiger partial charge in [-0.1, -0.05) is 18.1 Å². The number of urea groups is 1. The van der Waals surface area contributed by atoms with Gasteiger partial charge < -0.3 is 10.6 Å². The van der Waals surface area contributed by atoms with Gasteiger partial charge in [-0.25, -0.2) is 4.79 Å². The number of aryl methyl sites for hydroxylation is 1. The van der Waals surface area contributed by atoms with Gasteiger partial charge in [0.2, 0.25) is 0 Å². The first-order valence-corrected chi connectivity index (χ1v) is 7.46. The Morgan fingerprint density at radius 1 is 1.26 bits per heavy atom. The number of halogens is 1. The van der Waals surface area contributed by atoms with Crippen LogP contribution in [0.4, 0.5) is 10.5 Å². The molecule has 2 rings (SSSR count). The topological polar surface area (TPSA) is 41.1 Å². The summed E-state index contributed by atoms with van der Waals surface area (Å²) in [5.74, 6) is 0. The number of rotatable bonds is 2. The van der Waals surface area contributed by atoms with Crippen molar-refractivity contribution in [1.29, 1.82) is 0 Å². The average molecular weight is 323 g/mol. The third kappa shape index (κ3) is 4.39. The lowest BCUT2D eigenvalue weighted by Crippen LogP contribution is -2.24. The van der Waals surface area contributed by atoms with Crippen molar-refractivity contribution in [1.82, 2.24) is 5.32 Å². The number of amides is 2. The molecule has 1 saturated carbocycles. The highest BCUT2D eigenvalue weighted by Crippen LogP contribution is 2.24. The highest BCUT2D eigenvalue weighted by Gasteiger charge is 2.07. The molecule has 1 aromatic rings. The summed E-state index contributed by atoms with van der Waals surface area (Å²) in [5, 5.41) is 5.65. The van der Waals surface area contributed by atoms with E-state index in [1.165, 1.54) is 24.8 Å². The maximum Gasteiger partial charge on any atom is 0.323 e. The third-order valence-corrected chi connectivity index (χ3v) is 3.93. The van der Waals surface area contributed by atoms with Gasteiger partial charge in [0, 0.05) is 10.7 Å². The Labute approximate surface area is 122 Å². The molecule has 1 aliphatic rings. The standard InChI is InChI=1S/C15H19BrN2O/c1-11-7-8-14(13(16)9-11)18-15(19)17-10-12-5-3-2-4-6-12/h7-10H,2-6H2,1H3,(H2,17,18,19). The molecule has 2 N–H and O–H groups in total. The zero-order valence-electron chi connectivity index (χ0n) is 11.1. The van der Waals surface area contributed by atoms with E-state index in [-0.39, 0.29) is 6.03 Å². The van der Waals surface area contributed by atoms with E-state index in [0.717, 1.165) is 28.6 Å². The van der Waals surface area contributed by atoms with Gasteiger partial charge in [-0.2, -0.15) is 0 Å². The number of hydrogen-bond acceptors (Lipinski definition) is 1. The number of anilines is 1. The third-order valence-electron chi connectivity index (χ3n) is 3.28. The van der Waals surface area contributed by atoms with Crippen LogP contribution in [0.5, 0.6) is 0 Å². The van der Waals surface area contributed by atoms with Gasteiger partial charge in [0.25, 0.3) is 0 Å². The van der Waals surface area contributed by atoms with E-state index in [2.05, 4.69) is 26.6 Å².